The van der Waals surface area contributed by atoms with Crippen molar-refractivity contribution in [3.05, 3.63) is 0 Å². The van der Waals surface area contributed by atoms with Crippen LogP contribution in [0.5, 0.6) is 0 Å². The van der Waals surface area contributed by atoms with Crippen LogP contribution in [0.15, 0.2) is 0 Å². The minimum absolute atomic E-state index is 0.309. The van der Waals surface area contributed by atoms with Crippen LogP contribution in [0, 0.1) is 0 Å². The Hall–Kier alpha value is -1.55. The van der Waals surface area contributed by atoms with Crippen LogP contribution in [-0.2, 0) is 9.53 Å². The van der Waals surface area contributed by atoms with Crippen LogP contribution in [-0.4, -0.2) is 60.1 Å². The third-order valence-electron chi connectivity index (χ3n) is 2.63. The second-order valence-corrected chi connectivity index (χ2v) is 4.09. The molecule has 0 aliphatic carbocycles. The number of urea groups is 1. The van der Waals surface area contributed by atoms with E-state index < -0.39 is 23.7 Å². The molecule has 0 aromatic rings. The molecule has 110 valence electrons. The van der Waals surface area contributed by atoms with Gasteiger partial charge in [-0.2, -0.15) is 13.2 Å². The highest BCUT2D eigenvalue weighted by molar-refractivity contribution is 5.86. The van der Waals surface area contributed by atoms with Crippen molar-refractivity contribution in [2.45, 2.75) is 18.6 Å². The Balaban J connectivity index is 2.64. The maximum atomic E-state index is 12.6. The molecule has 0 spiro atoms. The molecule has 0 radical (unpaired) electrons. The maximum absolute atomic E-state index is 12.6. The Labute approximate surface area is 106 Å². The monoisotopic (exact) mass is 285 g/mol. The van der Waals surface area contributed by atoms with Gasteiger partial charge in [-0.3, -0.25) is 5.43 Å². The van der Waals surface area contributed by atoms with Crippen molar-refractivity contribution in [3.8, 4) is 0 Å². The van der Waals surface area contributed by atoms with Gasteiger partial charge in [0.2, 0.25) is 5.54 Å². The number of nitrogens with one attached hydrogen (secondary N) is 2. The lowest BCUT2D eigenvalue weighted by Gasteiger charge is -2.31. The molecule has 1 unspecified atom stereocenters. The third-order valence-corrected chi connectivity index (χ3v) is 2.63. The molecule has 3 N–H and O–H groups in total. The zero-order valence-electron chi connectivity index (χ0n) is 10.1. The number of carboxylic acids is 1. The summed E-state index contributed by atoms with van der Waals surface area (Å²) in [7, 11) is 0. The number of aliphatic carboxylic acids is 1. The number of carbonyl (C=O) groups excluding carboxylic acids is 1. The van der Waals surface area contributed by atoms with E-state index in [2.05, 4.69) is 5.43 Å². The van der Waals surface area contributed by atoms with E-state index in [9.17, 15) is 22.8 Å². The van der Waals surface area contributed by atoms with E-state index in [0.717, 1.165) is 0 Å². The molecular formula is C9H14F3N3O4. The van der Waals surface area contributed by atoms with Crippen molar-refractivity contribution < 1.29 is 32.6 Å². The molecule has 0 aromatic heterocycles. The van der Waals surface area contributed by atoms with Crippen molar-refractivity contribution >= 4 is 12.0 Å². The van der Waals surface area contributed by atoms with E-state index in [-0.39, 0.29) is 0 Å². The van der Waals surface area contributed by atoms with Gasteiger partial charge >= 0.3 is 18.2 Å². The molecule has 7 nitrogen and oxygen atoms in total. The summed E-state index contributed by atoms with van der Waals surface area (Å²) >= 11 is 0. The molecule has 1 aliphatic rings. The number of halogens is 3. The Morgan fingerprint density at radius 3 is 2.21 bits per heavy atom. The molecule has 1 aliphatic heterocycles. The Morgan fingerprint density at radius 1 is 1.26 bits per heavy atom. The SMILES string of the molecule is CC(NC(=O)NN1CCOCC1)(C(=O)O)C(F)(F)F. The third kappa shape index (κ3) is 3.70. The molecule has 1 saturated heterocycles. The first-order chi connectivity index (χ1) is 8.67. The minimum Gasteiger partial charge on any atom is -0.479 e. The van der Waals surface area contributed by atoms with Crippen LogP contribution in [0.25, 0.3) is 0 Å². The number of ether oxygens (including phenoxy) is 1. The van der Waals surface area contributed by atoms with Gasteiger partial charge in [-0.15, -0.1) is 0 Å². The topological polar surface area (TPSA) is 90.9 Å². The average Bonchev–Trinajstić information content (AvgIpc) is 2.28. The fraction of sp³-hybridized carbons (Fsp3) is 0.778. The molecule has 0 bridgehead atoms. The van der Waals surface area contributed by atoms with E-state index in [1.54, 1.807) is 0 Å². The van der Waals surface area contributed by atoms with Crippen LogP contribution in [0.3, 0.4) is 0 Å². The van der Waals surface area contributed by atoms with Crippen molar-refractivity contribution in [1.82, 2.24) is 15.8 Å². The molecule has 1 fully saturated rings. The lowest BCUT2D eigenvalue weighted by Crippen LogP contribution is -2.65. The van der Waals surface area contributed by atoms with Crippen molar-refractivity contribution in [2.75, 3.05) is 26.3 Å². The number of hydrogen-bond donors (Lipinski definition) is 3. The maximum Gasteiger partial charge on any atom is 0.422 e. The number of amides is 2. The molecule has 10 heteroatoms. The number of morpholine rings is 1. The number of rotatable bonds is 3. The van der Waals surface area contributed by atoms with Gasteiger partial charge < -0.3 is 15.2 Å². The molecule has 19 heavy (non-hydrogen) atoms. The van der Waals surface area contributed by atoms with Gasteiger partial charge in [0, 0.05) is 13.1 Å². The number of alkyl halides is 3. The van der Waals surface area contributed by atoms with Crippen LogP contribution in [0.4, 0.5) is 18.0 Å². The first-order valence-corrected chi connectivity index (χ1v) is 5.38. The van der Waals surface area contributed by atoms with Gasteiger partial charge in [-0.25, -0.2) is 14.6 Å². The van der Waals surface area contributed by atoms with Crippen molar-refractivity contribution in [3.63, 3.8) is 0 Å². The molecule has 0 saturated carbocycles. The Bertz CT molecular complexity index is 357. The number of carboxylic acid groups (broad SMARTS) is 1. The van der Waals surface area contributed by atoms with Crippen molar-refractivity contribution in [2.24, 2.45) is 0 Å². The quantitative estimate of drug-likeness (QED) is 0.675. The Morgan fingerprint density at radius 2 is 1.79 bits per heavy atom. The second-order valence-electron chi connectivity index (χ2n) is 4.09. The van der Waals surface area contributed by atoms with Crippen LogP contribution in [0.1, 0.15) is 6.92 Å². The predicted molar refractivity (Wildman–Crippen MR) is 56.2 cm³/mol. The fourth-order valence-electron chi connectivity index (χ4n) is 1.32. The van der Waals surface area contributed by atoms with Crippen LogP contribution < -0.4 is 10.7 Å². The highest BCUT2D eigenvalue weighted by Gasteiger charge is 2.58. The van der Waals surface area contributed by atoms with Gasteiger partial charge in [-0.05, 0) is 6.92 Å². The number of nitrogens with zero attached hydrogens (tertiary/aromatic N) is 1. The smallest absolute Gasteiger partial charge is 0.422 e. The zero-order chi connectivity index (χ0) is 14.7. The fourth-order valence-corrected chi connectivity index (χ4v) is 1.32. The summed E-state index contributed by atoms with van der Waals surface area (Å²) < 4.78 is 42.9. The van der Waals surface area contributed by atoms with Crippen molar-refractivity contribution in [1.29, 1.82) is 0 Å². The van der Waals surface area contributed by atoms with Crippen LogP contribution in [0.2, 0.25) is 0 Å². The number of carbonyl (C=O) groups is 2. The molecule has 1 rings (SSSR count). The highest BCUT2D eigenvalue weighted by atomic mass is 19.4. The van der Waals surface area contributed by atoms with Gasteiger partial charge in [-0.1, -0.05) is 0 Å². The average molecular weight is 285 g/mol. The predicted octanol–water partition coefficient (Wildman–Crippen LogP) is -0.0616. The van der Waals surface area contributed by atoms with Gasteiger partial charge in [0.25, 0.3) is 0 Å². The first-order valence-electron chi connectivity index (χ1n) is 5.38. The molecule has 1 atom stereocenters. The van der Waals surface area contributed by atoms with Gasteiger partial charge in [0.15, 0.2) is 0 Å². The molecular weight excluding hydrogens is 271 g/mol. The lowest BCUT2D eigenvalue weighted by atomic mass is 10.0. The number of hydrazine groups is 1. The highest BCUT2D eigenvalue weighted by Crippen LogP contribution is 2.30. The minimum atomic E-state index is -5.11. The van der Waals surface area contributed by atoms with E-state index in [4.69, 9.17) is 9.84 Å². The first kappa shape index (κ1) is 15.5. The second kappa shape index (κ2) is 5.61. The summed E-state index contributed by atoms with van der Waals surface area (Å²) in [5, 5.41) is 11.4. The molecule has 0 aromatic carbocycles. The standard InChI is InChI=1S/C9H14F3N3O4/c1-8(6(16)17,9(10,11)12)13-7(18)14-15-2-4-19-5-3-15/h2-5H2,1H3,(H,16,17)(H2,13,14,18). The lowest BCUT2D eigenvalue weighted by molar-refractivity contribution is -0.203. The normalized spacial score (nSPS) is 20.4. The Kier molecular flexibility index (Phi) is 4.58. The van der Waals surface area contributed by atoms with Gasteiger partial charge in [0.1, 0.15) is 0 Å². The van der Waals surface area contributed by atoms with E-state index in [1.165, 1.54) is 10.3 Å². The van der Waals surface area contributed by atoms with E-state index >= 15 is 0 Å². The van der Waals surface area contributed by atoms with Gasteiger partial charge in [0.05, 0.1) is 13.2 Å². The van der Waals surface area contributed by atoms with E-state index in [1.807, 2.05) is 0 Å². The summed E-state index contributed by atoms with van der Waals surface area (Å²) in [5.74, 6) is -2.18. The zero-order valence-corrected chi connectivity index (χ0v) is 10.1. The van der Waals surface area contributed by atoms with Crippen LogP contribution >= 0.6 is 0 Å². The summed E-state index contributed by atoms with van der Waals surface area (Å²) in [5.41, 5.74) is -1.20. The summed E-state index contributed by atoms with van der Waals surface area (Å²) in [6.07, 6.45) is -5.11. The summed E-state index contributed by atoms with van der Waals surface area (Å²) in [6.45, 7) is 1.66. The van der Waals surface area contributed by atoms with E-state index in [0.29, 0.717) is 33.2 Å². The molecule has 1 heterocycles. The number of hydrogen-bond acceptors (Lipinski definition) is 4. The molecule has 2 amide bonds. The summed E-state index contributed by atoms with van der Waals surface area (Å²) in [6, 6.07) is -1.23. The largest absolute Gasteiger partial charge is 0.479 e. The summed E-state index contributed by atoms with van der Waals surface area (Å²) in [4.78, 5) is 22.1.